The van der Waals surface area contributed by atoms with Crippen LogP contribution in [0.15, 0.2) is 36.4 Å². The lowest BCUT2D eigenvalue weighted by Gasteiger charge is -2.06. The number of nitriles is 1. The van der Waals surface area contributed by atoms with Crippen molar-refractivity contribution in [1.29, 1.82) is 5.26 Å². The Hall–Kier alpha value is -3.20. The van der Waals surface area contributed by atoms with Gasteiger partial charge >= 0.3 is 0 Å². The van der Waals surface area contributed by atoms with Gasteiger partial charge in [-0.1, -0.05) is 0 Å². The third-order valence-electron chi connectivity index (χ3n) is 3.23. The van der Waals surface area contributed by atoms with Crippen LogP contribution in [0.25, 0.3) is 5.65 Å². The van der Waals surface area contributed by atoms with Gasteiger partial charge in [0, 0.05) is 17.4 Å². The maximum Gasteiger partial charge on any atom is 0.274 e. The summed E-state index contributed by atoms with van der Waals surface area (Å²) in [6.45, 7) is 3.75. The van der Waals surface area contributed by atoms with Gasteiger partial charge in [-0.05, 0) is 44.2 Å². The van der Waals surface area contributed by atoms with E-state index >= 15 is 0 Å². The number of nitrogens with one attached hydrogen (secondary N) is 1. The predicted molar refractivity (Wildman–Crippen MR) is 81.6 cm³/mol. The summed E-state index contributed by atoms with van der Waals surface area (Å²) in [7, 11) is 0. The van der Waals surface area contributed by atoms with Gasteiger partial charge < -0.3 is 5.32 Å². The van der Waals surface area contributed by atoms with E-state index in [1.807, 2.05) is 26.0 Å². The Labute approximate surface area is 127 Å². The minimum atomic E-state index is -0.297. The molecule has 2 heterocycles. The lowest BCUT2D eigenvalue weighted by molar-refractivity contribution is 0.102. The number of carbonyl (C=O) groups is 1. The molecule has 0 atom stereocenters. The molecule has 0 aliphatic rings. The van der Waals surface area contributed by atoms with Crippen LogP contribution < -0.4 is 5.32 Å². The van der Waals surface area contributed by atoms with Gasteiger partial charge in [0.2, 0.25) is 0 Å². The van der Waals surface area contributed by atoms with Crippen molar-refractivity contribution < 1.29 is 4.79 Å². The van der Waals surface area contributed by atoms with E-state index in [0.717, 1.165) is 11.4 Å². The highest BCUT2D eigenvalue weighted by atomic mass is 16.1. The lowest BCUT2D eigenvalue weighted by atomic mass is 10.2. The van der Waals surface area contributed by atoms with Crippen LogP contribution in [0.2, 0.25) is 0 Å². The fourth-order valence-electron chi connectivity index (χ4n) is 2.18. The second kappa shape index (κ2) is 5.30. The molecule has 0 fully saturated rings. The number of hydrogen-bond acceptors (Lipinski definition) is 4. The van der Waals surface area contributed by atoms with Crippen LogP contribution in [0.5, 0.6) is 0 Å². The number of aromatic nitrogens is 3. The van der Waals surface area contributed by atoms with Gasteiger partial charge in [0.05, 0.1) is 17.3 Å². The third-order valence-corrected chi connectivity index (χ3v) is 3.23. The molecule has 3 aromatic rings. The van der Waals surface area contributed by atoms with E-state index in [4.69, 9.17) is 5.26 Å². The third kappa shape index (κ3) is 2.52. The van der Waals surface area contributed by atoms with Crippen molar-refractivity contribution in [2.24, 2.45) is 0 Å². The largest absolute Gasteiger partial charge is 0.321 e. The van der Waals surface area contributed by atoms with Gasteiger partial charge in [-0.2, -0.15) is 10.4 Å². The zero-order valence-electron chi connectivity index (χ0n) is 12.2. The smallest absolute Gasteiger partial charge is 0.274 e. The molecule has 1 N–H and O–H groups in total. The molecule has 3 rings (SSSR count). The first-order valence-corrected chi connectivity index (χ1v) is 6.72. The molecular weight excluding hydrogens is 278 g/mol. The number of benzene rings is 1. The zero-order chi connectivity index (χ0) is 15.7. The van der Waals surface area contributed by atoms with E-state index in [0.29, 0.717) is 22.6 Å². The van der Waals surface area contributed by atoms with Crippen molar-refractivity contribution >= 4 is 17.2 Å². The van der Waals surface area contributed by atoms with Gasteiger partial charge in [-0.25, -0.2) is 9.50 Å². The lowest BCUT2D eigenvalue weighted by Crippen LogP contribution is -2.15. The van der Waals surface area contributed by atoms with E-state index in [-0.39, 0.29) is 5.91 Å². The monoisotopic (exact) mass is 291 g/mol. The van der Waals surface area contributed by atoms with E-state index in [1.165, 1.54) is 0 Å². The number of fused-ring (bicyclic) bond motifs is 1. The van der Waals surface area contributed by atoms with E-state index in [9.17, 15) is 4.79 Å². The van der Waals surface area contributed by atoms with Gasteiger partial charge in [-0.3, -0.25) is 4.79 Å². The van der Waals surface area contributed by atoms with Crippen molar-refractivity contribution in [3.63, 3.8) is 0 Å². The molecule has 108 valence electrons. The normalized spacial score (nSPS) is 10.4. The van der Waals surface area contributed by atoms with Gasteiger partial charge in [0.15, 0.2) is 5.65 Å². The molecule has 6 nitrogen and oxygen atoms in total. The minimum Gasteiger partial charge on any atom is -0.321 e. The fraction of sp³-hybridized carbons (Fsp3) is 0.125. The van der Waals surface area contributed by atoms with Crippen LogP contribution in [0.3, 0.4) is 0 Å². The Balaban J connectivity index is 1.89. The molecule has 0 aliphatic carbocycles. The Morgan fingerprint density at radius 3 is 2.64 bits per heavy atom. The van der Waals surface area contributed by atoms with Crippen molar-refractivity contribution in [1.82, 2.24) is 14.6 Å². The predicted octanol–water partition coefficient (Wildman–Crippen LogP) is 2.47. The van der Waals surface area contributed by atoms with Crippen molar-refractivity contribution in [2.45, 2.75) is 13.8 Å². The van der Waals surface area contributed by atoms with Crippen LogP contribution in [-0.2, 0) is 0 Å². The maximum atomic E-state index is 12.3. The van der Waals surface area contributed by atoms with Crippen LogP contribution in [0.1, 0.15) is 27.4 Å². The number of anilines is 1. The minimum absolute atomic E-state index is 0.297. The van der Waals surface area contributed by atoms with E-state index in [1.54, 1.807) is 34.8 Å². The summed E-state index contributed by atoms with van der Waals surface area (Å²) in [5.41, 5.74) is 3.82. The second-order valence-electron chi connectivity index (χ2n) is 4.98. The average molecular weight is 291 g/mol. The highest BCUT2D eigenvalue weighted by molar-refractivity contribution is 6.03. The van der Waals surface area contributed by atoms with Crippen LogP contribution >= 0.6 is 0 Å². The maximum absolute atomic E-state index is 12.3. The van der Waals surface area contributed by atoms with Gasteiger partial charge in [-0.15, -0.1) is 0 Å². The first-order chi connectivity index (χ1) is 10.6. The molecule has 0 bridgehead atoms. The second-order valence-corrected chi connectivity index (χ2v) is 4.98. The number of aryl methyl sites for hydroxylation is 2. The van der Waals surface area contributed by atoms with Crippen molar-refractivity contribution in [3.05, 3.63) is 59.0 Å². The summed E-state index contributed by atoms with van der Waals surface area (Å²) in [6.07, 6.45) is 0. The number of nitrogens with zero attached hydrogens (tertiary/aromatic N) is 4. The Bertz CT molecular complexity index is 903. The molecule has 6 heteroatoms. The number of carbonyl (C=O) groups excluding carboxylic acids is 1. The summed E-state index contributed by atoms with van der Waals surface area (Å²) >= 11 is 0. The topological polar surface area (TPSA) is 83.1 Å². The number of hydrogen-bond donors (Lipinski definition) is 1. The molecule has 1 amide bonds. The van der Waals surface area contributed by atoms with Gasteiger partial charge in [0.1, 0.15) is 5.69 Å². The van der Waals surface area contributed by atoms with Crippen molar-refractivity contribution in [2.75, 3.05) is 5.32 Å². The molecule has 1 aromatic carbocycles. The zero-order valence-corrected chi connectivity index (χ0v) is 12.2. The number of rotatable bonds is 2. The fourth-order valence-corrected chi connectivity index (χ4v) is 2.18. The van der Waals surface area contributed by atoms with E-state index < -0.39 is 0 Å². The highest BCUT2D eigenvalue weighted by Gasteiger charge is 2.12. The molecule has 0 saturated heterocycles. The van der Waals surface area contributed by atoms with Crippen molar-refractivity contribution in [3.8, 4) is 6.07 Å². The molecule has 0 aliphatic heterocycles. The molecule has 0 spiro atoms. The highest BCUT2D eigenvalue weighted by Crippen LogP contribution is 2.13. The average Bonchev–Trinajstić information content (AvgIpc) is 2.89. The summed E-state index contributed by atoms with van der Waals surface area (Å²) < 4.78 is 1.70. The molecule has 2 aromatic heterocycles. The first kappa shape index (κ1) is 13.8. The molecule has 0 radical (unpaired) electrons. The van der Waals surface area contributed by atoms with E-state index in [2.05, 4.69) is 15.4 Å². The van der Waals surface area contributed by atoms with Crippen LogP contribution in [0, 0.1) is 25.2 Å². The molecule has 0 saturated carbocycles. The quantitative estimate of drug-likeness (QED) is 0.786. The summed E-state index contributed by atoms with van der Waals surface area (Å²) in [5.74, 6) is -0.297. The molecule has 22 heavy (non-hydrogen) atoms. The standard InChI is InChI=1S/C16H13N5O/c1-10-7-15-19-14(8-11(2)21(15)20-10)16(22)18-13-5-3-12(9-17)4-6-13/h3-8H,1-2H3,(H,18,22). The first-order valence-electron chi connectivity index (χ1n) is 6.72. The Morgan fingerprint density at radius 1 is 1.23 bits per heavy atom. The Kier molecular flexibility index (Phi) is 3.31. The molecular formula is C16H13N5O. The Morgan fingerprint density at radius 2 is 1.95 bits per heavy atom. The van der Waals surface area contributed by atoms with Crippen LogP contribution in [-0.4, -0.2) is 20.5 Å². The van der Waals surface area contributed by atoms with Gasteiger partial charge in [0.25, 0.3) is 5.91 Å². The summed E-state index contributed by atoms with van der Waals surface area (Å²) in [4.78, 5) is 16.6. The number of amides is 1. The molecule has 0 unspecified atom stereocenters. The summed E-state index contributed by atoms with van der Waals surface area (Å²) in [6, 6.07) is 12.2. The summed E-state index contributed by atoms with van der Waals surface area (Å²) in [5, 5.41) is 15.8. The van der Waals surface area contributed by atoms with Crippen LogP contribution in [0.4, 0.5) is 5.69 Å². The SMILES string of the molecule is Cc1cc2nc(C(=O)Nc3ccc(C#N)cc3)cc(C)n2n1.